The van der Waals surface area contributed by atoms with Gasteiger partial charge in [0.05, 0.1) is 11.4 Å². The van der Waals surface area contributed by atoms with Crippen LogP contribution < -0.4 is 53.2 Å². The van der Waals surface area contributed by atoms with E-state index >= 15 is 0 Å². The predicted octanol–water partition coefficient (Wildman–Crippen LogP) is 3.88. The van der Waals surface area contributed by atoms with Gasteiger partial charge in [0.25, 0.3) is 5.91 Å². The molecule has 0 heterocycles. The summed E-state index contributed by atoms with van der Waals surface area (Å²) in [5.41, 5.74) is -13.1. The van der Waals surface area contributed by atoms with Crippen LogP contribution in [0.4, 0.5) is 16.2 Å². The Morgan fingerprint density at radius 3 is 0.925 bits per heavy atom. The van der Waals surface area contributed by atoms with E-state index in [9.17, 15) is 57.8 Å². The number of amides is 10. The number of carboxylic acids is 1. The van der Waals surface area contributed by atoms with E-state index in [1.807, 2.05) is 0 Å². The Morgan fingerprint density at radius 2 is 0.625 bits per heavy atom. The molecule has 0 atom stereocenters. The Hall–Kier alpha value is -7.99. The Morgan fingerprint density at radius 1 is 0.362 bits per heavy atom. The number of alkyl carbamates (subject to hydrolysis) is 1. The van der Waals surface area contributed by atoms with Gasteiger partial charge in [-0.1, -0.05) is 12.1 Å². The summed E-state index contributed by atoms with van der Waals surface area (Å²) in [4.78, 5) is 144. The molecule has 2 rings (SSSR count). The number of azo groups is 1. The van der Waals surface area contributed by atoms with Crippen molar-refractivity contribution in [3.8, 4) is 0 Å². The number of nitrogens with zero attached hydrogens (tertiary/aromatic N) is 2. The molecule has 0 radical (unpaired) electrons. The highest BCUT2D eigenvalue weighted by atomic mass is 16.6. The van der Waals surface area contributed by atoms with Crippen molar-refractivity contribution in [3.05, 3.63) is 59.7 Å². The van der Waals surface area contributed by atoms with Gasteiger partial charge in [-0.05, 0) is 187 Å². The van der Waals surface area contributed by atoms with Gasteiger partial charge in [0, 0.05) is 12.1 Å². The zero-order valence-corrected chi connectivity index (χ0v) is 50.1. The minimum atomic E-state index is -1.66. The van der Waals surface area contributed by atoms with E-state index in [2.05, 4.69) is 63.4 Å². The molecular formula is C55H84N12O13. The van der Waals surface area contributed by atoms with E-state index in [4.69, 9.17) is 4.74 Å². The maximum absolute atomic E-state index is 13.6. The first-order valence-electron chi connectivity index (χ1n) is 25.6. The van der Waals surface area contributed by atoms with Gasteiger partial charge in [0.2, 0.25) is 47.3 Å². The van der Waals surface area contributed by atoms with Crippen LogP contribution in [0.2, 0.25) is 0 Å². The van der Waals surface area contributed by atoms with Crippen molar-refractivity contribution in [1.29, 1.82) is 0 Å². The Labute approximate surface area is 468 Å². The van der Waals surface area contributed by atoms with Crippen molar-refractivity contribution >= 4 is 76.6 Å². The van der Waals surface area contributed by atoms with Crippen LogP contribution in [0.25, 0.3) is 0 Å². The fraction of sp³-hybridized carbons (Fsp3) is 0.582. The Bertz CT molecular complexity index is 2750. The number of nitrogens with one attached hydrogen (secondary N) is 10. The minimum absolute atomic E-state index is 0.0998. The molecule has 0 bridgehead atoms. The van der Waals surface area contributed by atoms with E-state index < -0.39 is 121 Å². The number of carbonyl (C=O) groups excluding carboxylic acids is 10. The first kappa shape index (κ1) is 68.1. The van der Waals surface area contributed by atoms with Crippen molar-refractivity contribution < 1.29 is 62.6 Å². The number of aliphatic carboxylic acids is 1. The van der Waals surface area contributed by atoms with Crippen molar-refractivity contribution in [2.45, 2.75) is 207 Å². The van der Waals surface area contributed by atoms with Crippen LogP contribution in [0.15, 0.2) is 58.8 Å². The molecule has 0 fully saturated rings. The van der Waals surface area contributed by atoms with Crippen LogP contribution in [-0.4, -0.2) is 126 Å². The smallest absolute Gasteiger partial charge is 0.408 e. The molecule has 80 heavy (non-hydrogen) atoms. The van der Waals surface area contributed by atoms with E-state index in [1.54, 1.807) is 57.2 Å². The highest BCUT2D eigenvalue weighted by Gasteiger charge is 2.45. The second-order valence-corrected chi connectivity index (χ2v) is 25.3. The fourth-order valence-electron chi connectivity index (χ4n) is 6.38. The molecule has 0 aromatic heterocycles. The molecule has 2 aromatic carbocycles. The highest BCUT2D eigenvalue weighted by Crippen LogP contribution is 2.22. The topological polar surface area (TPSA) is 362 Å². The van der Waals surface area contributed by atoms with Gasteiger partial charge in [-0.15, -0.1) is 0 Å². The van der Waals surface area contributed by atoms with Crippen molar-refractivity contribution in [3.63, 3.8) is 0 Å². The maximum Gasteiger partial charge on any atom is 0.408 e. The van der Waals surface area contributed by atoms with Gasteiger partial charge >= 0.3 is 12.1 Å². The average molecular weight is 1120 g/mol. The van der Waals surface area contributed by atoms with Crippen LogP contribution in [0.5, 0.6) is 0 Å². The summed E-state index contributed by atoms with van der Waals surface area (Å²) in [7, 11) is 0. The number of hydrogen-bond acceptors (Lipinski definition) is 14. The SMILES string of the molecule is CC(C)(C)OC(=O)NC(C)(C)C(=O)NC(C)(C)C(=O)NC(C)(C)C(=O)NCc1ccc(N=Nc2ccc(C(=O)NC(C)(C)C(=O)NC(C)(C)C(=O)NC(C)(C)C(=O)NC(C)(C)C(=O)NC(C)(C)C(=O)NC(C)(C)C(=O)O)cc2)cc1. The lowest BCUT2D eigenvalue weighted by atomic mass is 9.94. The van der Waals surface area contributed by atoms with Gasteiger partial charge < -0.3 is 63.0 Å². The minimum Gasteiger partial charge on any atom is -0.480 e. The largest absolute Gasteiger partial charge is 0.480 e. The Kier molecular flexibility index (Phi) is 20.9. The van der Waals surface area contributed by atoms with Gasteiger partial charge in [-0.25, -0.2) is 9.59 Å². The van der Waals surface area contributed by atoms with Crippen LogP contribution in [0.1, 0.15) is 161 Å². The molecule has 25 heteroatoms. The van der Waals surface area contributed by atoms with Gasteiger partial charge in [0.1, 0.15) is 55.5 Å². The third-order valence-electron chi connectivity index (χ3n) is 12.1. The lowest BCUT2D eigenvalue weighted by Gasteiger charge is -2.37. The molecule has 0 aliphatic carbocycles. The first-order valence-corrected chi connectivity index (χ1v) is 25.6. The maximum atomic E-state index is 13.6. The molecule has 10 amide bonds. The van der Waals surface area contributed by atoms with Crippen molar-refractivity contribution in [2.24, 2.45) is 10.2 Å². The molecule has 2 aromatic rings. The zero-order valence-electron chi connectivity index (χ0n) is 50.1. The second-order valence-electron chi connectivity index (χ2n) is 25.3. The van der Waals surface area contributed by atoms with E-state index in [-0.39, 0.29) is 12.1 Å². The van der Waals surface area contributed by atoms with Crippen molar-refractivity contribution in [2.75, 3.05) is 0 Å². The molecule has 25 nitrogen and oxygen atoms in total. The molecule has 11 N–H and O–H groups in total. The lowest BCUT2D eigenvalue weighted by Crippen LogP contribution is -2.69. The van der Waals surface area contributed by atoms with Crippen LogP contribution in [0, 0.1) is 0 Å². The number of ether oxygens (including phenoxy) is 1. The summed E-state index contributed by atoms with van der Waals surface area (Å²) in [5, 5.41) is 43.7. The van der Waals surface area contributed by atoms with Crippen molar-refractivity contribution in [1.82, 2.24) is 53.2 Å². The third kappa shape index (κ3) is 19.7. The number of hydrogen-bond donors (Lipinski definition) is 11. The molecule has 0 aliphatic rings. The summed E-state index contributed by atoms with van der Waals surface area (Å²) in [6.07, 6.45) is -0.807. The number of carbonyl (C=O) groups is 11. The summed E-state index contributed by atoms with van der Waals surface area (Å²) >= 11 is 0. The number of carboxylic acid groups (broad SMARTS) is 1. The molecule has 442 valence electrons. The van der Waals surface area contributed by atoms with E-state index in [0.717, 1.165) is 0 Å². The van der Waals surface area contributed by atoms with Gasteiger partial charge in [0.15, 0.2) is 0 Å². The van der Waals surface area contributed by atoms with Gasteiger partial charge in [-0.3, -0.25) is 43.2 Å². The lowest BCUT2D eigenvalue weighted by molar-refractivity contribution is -0.147. The molecule has 0 spiro atoms. The van der Waals surface area contributed by atoms with E-state index in [0.29, 0.717) is 16.9 Å². The zero-order chi connectivity index (χ0) is 62.2. The standard InChI is InChI=1S/C55H84N12O13/c1-46(2,3)80-45(79)65-54(18,19)43(76)63-49(8,9)38(71)58-47(4,5)36(69)56-30-31-22-26-33(27-23-31)66-67-34-28-24-32(25-29-34)35(68)57-48(6,7)37(70)59-50(10,11)39(72)60-51(12,13)40(73)61-52(14,15)41(74)62-53(16,17)42(75)64-55(20,21)44(77)78/h22-29H,30H2,1-21H3,(H,56,69)(H,57,68)(H,58,71)(H,59,70)(H,60,72)(H,61,73)(H,62,74)(H,63,76)(H,64,75)(H,65,79)(H,77,78). The summed E-state index contributed by atoms with van der Waals surface area (Å²) < 4.78 is 5.24. The third-order valence-corrected chi connectivity index (χ3v) is 12.1. The molecule has 0 saturated heterocycles. The Balaban J connectivity index is 1.98. The van der Waals surface area contributed by atoms with Gasteiger partial charge in [-0.2, -0.15) is 10.2 Å². The summed E-state index contributed by atoms with van der Waals surface area (Å²) in [5.74, 6) is -7.62. The monoisotopic (exact) mass is 1120 g/mol. The molecule has 0 unspecified atom stereocenters. The fourth-order valence-corrected chi connectivity index (χ4v) is 6.38. The second kappa shape index (κ2) is 24.6. The number of rotatable bonds is 23. The highest BCUT2D eigenvalue weighted by molar-refractivity contribution is 6.03. The van der Waals surface area contributed by atoms with Crippen LogP contribution in [0.3, 0.4) is 0 Å². The molecular weight excluding hydrogens is 1040 g/mol. The summed E-state index contributed by atoms with van der Waals surface area (Å²) in [6, 6.07) is 12.8. The van der Waals surface area contributed by atoms with E-state index in [1.165, 1.54) is 137 Å². The number of benzene rings is 2. The predicted molar refractivity (Wildman–Crippen MR) is 297 cm³/mol. The molecule has 0 saturated carbocycles. The first-order chi connectivity index (χ1) is 35.9. The summed E-state index contributed by atoms with van der Waals surface area (Å²) in [6.45, 7) is 30.5. The van der Waals surface area contributed by atoms with Crippen LogP contribution >= 0.6 is 0 Å². The average Bonchev–Trinajstić information content (AvgIpc) is 3.28. The molecule has 0 aliphatic heterocycles. The van der Waals surface area contributed by atoms with Crippen LogP contribution in [-0.2, 0) is 54.4 Å². The quantitative estimate of drug-likeness (QED) is 0.0705. The normalized spacial score (nSPS) is 12.9.